The summed E-state index contributed by atoms with van der Waals surface area (Å²) in [7, 11) is 0. The predicted molar refractivity (Wildman–Crippen MR) is 123 cm³/mol. The average molecular weight is 422 g/mol. The Morgan fingerprint density at radius 3 is 2.77 bits per heavy atom. The molecule has 0 saturated carbocycles. The highest BCUT2D eigenvalue weighted by atomic mass is 35.5. The van der Waals surface area contributed by atoms with Crippen molar-refractivity contribution < 1.29 is 9.21 Å². The number of rotatable bonds is 4. The van der Waals surface area contributed by atoms with Crippen LogP contribution in [0.25, 0.3) is 16.5 Å². The van der Waals surface area contributed by atoms with Gasteiger partial charge in [0.2, 0.25) is 0 Å². The lowest BCUT2D eigenvalue weighted by Gasteiger charge is -2.43. The number of carbonyl (C=O) groups is 1. The van der Waals surface area contributed by atoms with E-state index in [4.69, 9.17) is 16.0 Å². The molecule has 1 amide bonds. The number of allylic oxidation sites excluding steroid dienone is 1. The van der Waals surface area contributed by atoms with E-state index in [2.05, 4.69) is 49.2 Å². The summed E-state index contributed by atoms with van der Waals surface area (Å²) in [5, 5.41) is 5.54. The maximum atomic E-state index is 12.4. The van der Waals surface area contributed by atoms with E-state index < -0.39 is 5.91 Å². The molecule has 0 aliphatic carbocycles. The normalized spacial score (nSPS) is 15.4. The van der Waals surface area contributed by atoms with Crippen molar-refractivity contribution in [3.63, 3.8) is 0 Å². The lowest BCUT2D eigenvalue weighted by molar-refractivity contribution is 0.0929. The van der Waals surface area contributed by atoms with Gasteiger partial charge in [0, 0.05) is 28.7 Å². The summed E-state index contributed by atoms with van der Waals surface area (Å²) in [5.74, 6) is -0.198. The van der Waals surface area contributed by atoms with Crippen LogP contribution >= 0.6 is 11.6 Å². The van der Waals surface area contributed by atoms with Crippen molar-refractivity contribution >= 4 is 46.0 Å². The number of nitrogens with zero attached hydrogens (tertiary/aromatic N) is 2. The fourth-order valence-corrected chi connectivity index (χ4v) is 4.31. The zero-order valence-electron chi connectivity index (χ0n) is 17.5. The molecule has 1 aliphatic rings. The van der Waals surface area contributed by atoms with Gasteiger partial charge in [0.1, 0.15) is 5.58 Å². The molecule has 30 heavy (non-hydrogen) atoms. The molecular weight excluding hydrogens is 398 g/mol. The molecule has 5 nitrogen and oxygen atoms in total. The topological polar surface area (TPSA) is 57.8 Å². The lowest BCUT2D eigenvalue weighted by atomic mass is 9.88. The van der Waals surface area contributed by atoms with Crippen molar-refractivity contribution in [2.45, 2.75) is 33.2 Å². The second kappa shape index (κ2) is 7.65. The quantitative estimate of drug-likeness (QED) is 0.423. The fourth-order valence-electron chi connectivity index (χ4n) is 4.10. The molecule has 0 unspecified atom stereocenters. The summed E-state index contributed by atoms with van der Waals surface area (Å²) in [6, 6.07) is 13.1. The molecular formula is C24H24ClN3O2. The van der Waals surface area contributed by atoms with Crippen LogP contribution < -0.4 is 10.3 Å². The monoisotopic (exact) mass is 421 g/mol. The summed E-state index contributed by atoms with van der Waals surface area (Å²) >= 11 is 6.54. The SMILES string of the molecule is CCN1c2cc(Cl)c(/C=N/NC(=O)c3cc4ccccc4o3)cc2C(C)=CC1(C)C. The Hall–Kier alpha value is -3.05. The van der Waals surface area contributed by atoms with E-state index in [1.54, 1.807) is 12.3 Å². The number of likely N-dealkylation sites (N-methyl/N-ethyl adjacent to an activating group) is 1. The van der Waals surface area contributed by atoms with Gasteiger partial charge in [-0.05, 0) is 57.5 Å². The first-order valence-electron chi connectivity index (χ1n) is 9.93. The maximum Gasteiger partial charge on any atom is 0.307 e. The van der Waals surface area contributed by atoms with Gasteiger partial charge in [-0.25, -0.2) is 5.43 Å². The molecule has 0 spiro atoms. The van der Waals surface area contributed by atoms with E-state index in [0.717, 1.165) is 28.7 Å². The van der Waals surface area contributed by atoms with Crippen molar-refractivity contribution in [3.8, 4) is 0 Å². The highest BCUT2D eigenvalue weighted by Gasteiger charge is 2.30. The summed E-state index contributed by atoms with van der Waals surface area (Å²) in [4.78, 5) is 14.7. The first-order chi connectivity index (χ1) is 14.3. The van der Waals surface area contributed by atoms with Crippen LogP contribution in [0.4, 0.5) is 5.69 Å². The summed E-state index contributed by atoms with van der Waals surface area (Å²) in [6.07, 6.45) is 3.82. The van der Waals surface area contributed by atoms with E-state index in [9.17, 15) is 4.79 Å². The number of amides is 1. The number of nitrogens with one attached hydrogen (secondary N) is 1. The van der Waals surface area contributed by atoms with Crippen LogP contribution in [-0.4, -0.2) is 24.2 Å². The van der Waals surface area contributed by atoms with E-state index in [1.165, 1.54) is 5.57 Å². The highest BCUT2D eigenvalue weighted by molar-refractivity contribution is 6.33. The molecule has 2 aromatic carbocycles. The largest absolute Gasteiger partial charge is 0.451 e. The van der Waals surface area contributed by atoms with Crippen molar-refractivity contribution in [3.05, 3.63) is 70.5 Å². The van der Waals surface area contributed by atoms with Gasteiger partial charge in [-0.1, -0.05) is 35.9 Å². The third kappa shape index (κ3) is 3.61. The second-order valence-corrected chi connectivity index (χ2v) is 8.37. The minimum Gasteiger partial charge on any atom is -0.451 e. The Labute approximate surface area is 181 Å². The number of fused-ring (bicyclic) bond motifs is 2. The van der Waals surface area contributed by atoms with Gasteiger partial charge >= 0.3 is 5.91 Å². The molecule has 1 aromatic heterocycles. The third-order valence-corrected chi connectivity index (χ3v) is 5.76. The van der Waals surface area contributed by atoms with Gasteiger partial charge < -0.3 is 9.32 Å². The second-order valence-electron chi connectivity index (χ2n) is 7.96. The van der Waals surface area contributed by atoms with Crippen molar-refractivity contribution in [2.24, 2.45) is 5.10 Å². The molecule has 2 heterocycles. The molecule has 6 heteroatoms. The Balaban J connectivity index is 1.57. The molecule has 1 N–H and O–H groups in total. The number of furan rings is 1. The number of hydrogen-bond acceptors (Lipinski definition) is 4. The number of benzene rings is 2. The molecule has 0 fully saturated rings. The lowest BCUT2D eigenvalue weighted by Crippen LogP contribution is -2.44. The van der Waals surface area contributed by atoms with E-state index in [-0.39, 0.29) is 11.3 Å². The van der Waals surface area contributed by atoms with Crippen molar-refractivity contribution in [1.29, 1.82) is 0 Å². The number of hydrogen-bond donors (Lipinski definition) is 1. The van der Waals surface area contributed by atoms with Crippen LogP contribution in [-0.2, 0) is 0 Å². The van der Waals surface area contributed by atoms with Gasteiger partial charge in [0.25, 0.3) is 0 Å². The minimum atomic E-state index is -0.411. The Bertz CT molecular complexity index is 1160. The molecule has 0 radical (unpaired) electrons. The maximum absolute atomic E-state index is 12.4. The molecule has 0 bridgehead atoms. The van der Waals surface area contributed by atoms with Gasteiger partial charge in [-0.2, -0.15) is 5.10 Å². The smallest absolute Gasteiger partial charge is 0.307 e. The molecule has 0 atom stereocenters. The van der Waals surface area contributed by atoms with Crippen LogP contribution in [0, 0.1) is 0 Å². The standard InChI is InChI=1S/C24H24ClN3O2/c1-5-28-20-12-19(25)17(10-18(20)15(2)13-24(28,3)4)14-26-27-23(29)22-11-16-8-6-7-9-21(16)30-22/h6-14H,5H2,1-4H3,(H,27,29)/b26-14+. The Morgan fingerprint density at radius 1 is 1.27 bits per heavy atom. The summed E-state index contributed by atoms with van der Waals surface area (Å²) in [5.41, 5.74) is 7.25. The van der Waals surface area contributed by atoms with Crippen LogP contribution in [0.3, 0.4) is 0 Å². The Kier molecular flexibility index (Phi) is 5.16. The average Bonchev–Trinajstić information content (AvgIpc) is 3.13. The first-order valence-corrected chi connectivity index (χ1v) is 10.3. The first kappa shape index (κ1) is 20.2. The summed E-state index contributed by atoms with van der Waals surface area (Å²) in [6.45, 7) is 9.50. The minimum absolute atomic E-state index is 0.0780. The number of carbonyl (C=O) groups excluding carboxylic acids is 1. The summed E-state index contributed by atoms with van der Waals surface area (Å²) < 4.78 is 5.56. The van der Waals surface area contributed by atoms with Crippen LogP contribution in [0.2, 0.25) is 5.02 Å². The highest BCUT2D eigenvalue weighted by Crippen LogP contribution is 2.40. The van der Waals surface area contributed by atoms with Gasteiger partial charge in [-0.3, -0.25) is 4.79 Å². The third-order valence-electron chi connectivity index (χ3n) is 5.43. The van der Waals surface area contributed by atoms with E-state index in [0.29, 0.717) is 10.6 Å². The van der Waals surface area contributed by atoms with Gasteiger partial charge in [-0.15, -0.1) is 0 Å². The van der Waals surface area contributed by atoms with E-state index >= 15 is 0 Å². The van der Waals surface area contributed by atoms with Crippen LogP contribution in [0.5, 0.6) is 0 Å². The Morgan fingerprint density at radius 2 is 2.03 bits per heavy atom. The number of para-hydroxylation sites is 1. The van der Waals surface area contributed by atoms with Crippen molar-refractivity contribution in [1.82, 2.24) is 5.43 Å². The predicted octanol–water partition coefficient (Wildman–Crippen LogP) is 5.87. The number of halogens is 1. The number of anilines is 1. The molecule has 1 aliphatic heterocycles. The molecule has 4 rings (SSSR count). The zero-order chi connectivity index (χ0) is 21.5. The zero-order valence-corrected chi connectivity index (χ0v) is 18.2. The fraction of sp³-hybridized carbons (Fsp3) is 0.250. The molecule has 3 aromatic rings. The molecule has 0 saturated heterocycles. The van der Waals surface area contributed by atoms with E-state index in [1.807, 2.05) is 36.4 Å². The molecule has 154 valence electrons. The van der Waals surface area contributed by atoms with Crippen LogP contribution in [0.15, 0.2) is 58.1 Å². The van der Waals surface area contributed by atoms with Gasteiger partial charge in [0.05, 0.1) is 16.8 Å². The number of hydrazone groups is 1. The van der Waals surface area contributed by atoms with Crippen molar-refractivity contribution in [2.75, 3.05) is 11.4 Å². The van der Waals surface area contributed by atoms with Gasteiger partial charge in [0.15, 0.2) is 5.76 Å². The van der Waals surface area contributed by atoms with Crippen LogP contribution in [0.1, 0.15) is 49.4 Å².